The second-order valence-electron chi connectivity index (χ2n) is 4.53. The second-order valence-corrected chi connectivity index (χ2v) is 5.65. The molecule has 0 radical (unpaired) electrons. The summed E-state index contributed by atoms with van der Waals surface area (Å²) in [7, 11) is 0. The molecule has 4 nitrogen and oxygen atoms in total. The molecule has 23 heavy (non-hydrogen) atoms. The van der Waals surface area contributed by atoms with Gasteiger partial charge in [0.2, 0.25) is 0 Å². The van der Waals surface area contributed by atoms with Gasteiger partial charge in [0, 0.05) is 15.4 Å². The van der Waals surface area contributed by atoms with Crippen molar-refractivity contribution in [2.45, 2.75) is 9.79 Å². The Morgan fingerprint density at radius 2 is 1.91 bits per heavy atom. The van der Waals surface area contributed by atoms with E-state index < -0.39 is 11.8 Å². The molecule has 7 heteroatoms. The standard InChI is InChI=1S/C16H14F2N2O2S/c17-11-6-8-12(9-7-11)23-15-5-1-4-14(18)13(15)3-2-10-20(22)16(19)21/h1-9,22H,10H2,(H2,19,21)/b3-2+. The lowest BCUT2D eigenvalue weighted by Crippen LogP contribution is -2.32. The first-order chi connectivity index (χ1) is 11.0. The minimum Gasteiger partial charge on any atom is -0.350 e. The van der Waals surface area contributed by atoms with Gasteiger partial charge in [-0.3, -0.25) is 5.21 Å². The van der Waals surface area contributed by atoms with Crippen LogP contribution in [0.3, 0.4) is 0 Å². The maximum absolute atomic E-state index is 14.0. The van der Waals surface area contributed by atoms with E-state index in [2.05, 4.69) is 0 Å². The van der Waals surface area contributed by atoms with E-state index in [4.69, 9.17) is 5.73 Å². The highest BCUT2D eigenvalue weighted by atomic mass is 32.2. The summed E-state index contributed by atoms with van der Waals surface area (Å²) in [5.74, 6) is -0.792. The van der Waals surface area contributed by atoms with Gasteiger partial charge >= 0.3 is 6.03 Å². The van der Waals surface area contributed by atoms with Crippen LogP contribution in [0.25, 0.3) is 6.08 Å². The van der Waals surface area contributed by atoms with Crippen LogP contribution in [0.5, 0.6) is 0 Å². The van der Waals surface area contributed by atoms with E-state index in [1.54, 1.807) is 24.3 Å². The number of carbonyl (C=O) groups excluding carboxylic acids is 1. The van der Waals surface area contributed by atoms with Crippen molar-refractivity contribution >= 4 is 23.9 Å². The summed E-state index contributed by atoms with van der Waals surface area (Å²) in [6.45, 7) is -0.162. The topological polar surface area (TPSA) is 66.6 Å². The highest BCUT2D eigenvalue weighted by Crippen LogP contribution is 2.32. The molecular weight excluding hydrogens is 322 g/mol. The molecule has 0 saturated heterocycles. The molecule has 2 aromatic carbocycles. The fourth-order valence-electron chi connectivity index (χ4n) is 1.76. The Hall–Kier alpha value is -2.38. The third-order valence-electron chi connectivity index (χ3n) is 2.87. The van der Waals surface area contributed by atoms with Crippen LogP contribution in [0, 0.1) is 11.6 Å². The van der Waals surface area contributed by atoms with Gasteiger partial charge in [-0.25, -0.2) is 18.6 Å². The van der Waals surface area contributed by atoms with Crippen molar-refractivity contribution in [2.75, 3.05) is 6.54 Å². The van der Waals surface area contributed by atoms with Crippen molar-refractivity contribution < 1.29 is 18.8 Å². The van der Waals surface area contributed by atoms with Crippen LogP contribution in [-0.2, 0) is 0 Å². The van der Waals surface area contributed by atoms with Gasteiger partial charge in [-0.05, 0) is 36.4 Å². The first-order valence-corrected chi connectivity index (χ1v) is 7.43. The monoisotopic (exact) mass is 336 g/mol. The Balaban J connectivity index is 2.20. The van der Waals surface area contributed by atoms with Crippen molar-refractivity contribution in [1.29, 1.82) is 0 Å². The van der Waals surface area contributed by atoms with Crippen LogP contribution in [-0.4, -0.2) is 22.8 Å². The van der Waals surface area contributed by atoms with Crippen LogP contribution in [0.15, 0.2) is 58.3 Å². The highest BCUT2D eigenvalue weighted by molar-refractivity contribution is 7.99. The van der Waals surface area contributed by atoms with Crippen LogP contribution < -0.4 is 5.73 Å². The number of halogens is 2. The molecule has 2 amide bonds. The van der Waals surface area contributed by atoms with Gasteiger partial charge in [0.25, 0.3) is 0 Å². The lowest BCUT2D eigenvalue weighted by molar-refractivity contribution is -0.0286. The molecule has 0 heterocycles. The predicted octanol–water partition coefficient (Wildman–Crippen LogP) is 3.90. The Morgan fingerprint density at radius 3 is 2.57 bits per heavy atom. The Kier molecular flexibility index (Phi) is 5.72. The van der Waals surface area contributed by atoms with Gasteiger partial charge in [-0.15, -0.1) is 0 Å². The van der Waals surface area contributed by atoms with E-state index >= 15 is 0 Å². The number of hydroxylamine groups is 2. The number of primary amides is 1. The summed E-state index contributed by atoms with van der Waals surface area (Å²) in [5.41, 5.74) is 5.19. The third-order valence-corrected chi connectivity index (χ3v) is 3.96. The van der Waals surface area contributed by atoms with Gasteiger partial charge in [0.15, 0.2) is 0 Å². The fourth-order valence-corrected chi connectivity index (χ4v) is 2.71. The number of nitrogens with zero attached hydrogens (tertiary/aromatic N) is 1. The number of carbonyl (C=O) groups is 1. The number of rotatable bonds is 5. The number of amides is 2. The average molecular weight is 336 g/mol. The maximum Gasteiger partial charge on any atom is 0.338 e. The fraction of sp³-hybridized carbons (Fsp3) is 0.0625. The Bertz CT molecular complexity index is 721. The summed E-state index contributed by atoms with van der Waals surface area (Å²) in [6.07, 6.45) is 2.87. The second kappa shape index (κ2) is 7.75. The van der Waals surface area contributed by atoms with Crippen molar-refractivity contribution in [2.24, 2.45) is 5.73 Å². The van der Waals surface area contributed by atoms with E-state index in [1.807, 2.05) is 0 Å². The van der Waals surface area contributed by atoms with Crippen LogP contribution in [0.1, 0.15) is 5.56 Å². The minimum atomic E-state index is -0.996. The SMILES string of the molecule is NC(=O)N(O)C/C=C/c1c(F)cccc1Sc1ccc(F)cc1. The van der Waals surface area contributed by atoms with E-state index in [1.165, 1.54) is 42.1 Å². The largest absolute Gasteiger partial charge is 0.350 e. The average Bonchev–Trinajstić information content (AvgIpc) is 2.52. The van der Waals surface area contributed by atoms with E-state index in [0.29, 0.717) is 15.5 Å². The highest BCUT2D eigenvalue weighted by Gasteiger charge is 2.08. The summed E-state index contributed by atoms with van der Waals surface area (Å²) >= 11 is 1.28. The van der Waals surface area contributed by atoms with Crippen LogP contribution in [0.2, 0.25) is 0 Å². The number of hydrogen-bond donors (Lipinski definition) is 2. The molecule has 0 saturated carbocycles. The quantitative estimate of drug-likeness (QED) is 0.643. The summed E-state index contributed by atoms with van der Waals surface area (Å²) in [4.78, 5) is 12.1. The molecule has 3 N–H and O–H groups in total. The molecule has 0 aliphatic heterocycles. The smallest absolute Gasteiger partial charge is 0.338 e. The zero-order valence-corrected chi connectivity index (χ0v) is 12.8. The van der Waals surface area contributed by atoms with Gasteiger partial charge in [0.1, 0.15) is 11.6 Å². The van der Waals surface area contributed by atoms with E-state index in [-0.39, 0.29) is 12.4 Å². The normalized spacial score (nSPS) is 10.9. The van der Waals surface area contributed by atoms with Gasteiger partial charge in [-0.1, -0.05) is 30.0 Å². The predicted molar refractivity (Wildman–Crippen MR) is 84.0 cm³/mol. The summed E-state index contributed by atoms with van der Waals surface area (Å²) in [5, 5.41) is 9.49. The first kappa shape index (κ1) is 17.0. The maximum atomic E-state index is 14.0. The Morgan fingerprint density at radius 1 is 1.22 bits per heavy atom. The molecule has 120 valence electrons. The number of urea groups is 1. The molecular formula is C16H14F2N2O2S. The summed E-state index contributed by atoms with van der Waals surface area (Å²) in [6, 6.07) is 9.45. The molecule has 0 spiro atoms. The van der Waals surface area contributed by atoms with Crippen molar-refractivity contribution in [1.82, 2.24) is 5.06 Å². The molecule has 0 aromatic heterocycles. The zero-order chi connectivity index (χ0) is 16.8. The van der Waals surface area contributed by atoms with E-state index in [9.17, 15) is 18.8 Å². The van der Waals surface area contributed by atoms with Crippen molar-refractivity contribution in [3.05, 3.63) is 65.7 Å². The number of nitrogens with two attached hydrogens (primary N) is 1. The van der Waals surface area contributed by atoms with E-state index in [0.717, 1.165) is 4.90 Å². The summed E-state index contributed by atoms with van der Waals surface area (Å²) < 4.78 is 26.9. The zero-order valence-electron chi connectivity index (χ0n) is 11.9. The lowest BCUT2D eigenvalue weighted by Gasteiger charge is -2.09. The first-order valence-electron chi connectivity index (χ1n) is 6.61. The van der Waals surface area contributed by atoms with Gasteiger partial charge < -0.3 is 5.73 Å². The number of hydrogen-bond acceptors (Lipinski definition) is 3. The van der Waals surface area contributed by atoms with Gasteiger partial charge in [-0.2, -0.15) is 0 Å². The molecule has 0 bridgehead atoms. The van der Waals surface area contributed by atoms with Gasteiger partial charge in [0.05, 0.1) is 6.54 Å². The molecule has 0 fully saturated rings. The van der Waals surface area contributed by atoms with Crippen molar-refractivity contribution in [3.8, 4) is 0 Å². The van der Waals surface area contributed by atoms with Crippen LogP contribution >= 0.6 is 11.8 Å². The minimum absolute atomic E-state index is 0.162. The lowest BCUT2D eigenvalue weighted by atomic mass is 10.2. The molecule has 0 aliphatic rings. The number of benzene rings is 2. The third kappa shape index (κ3) is 4.80. The molecule has 0 unspecified atom stereocenters. The molecule has 0 atom stereocenters. The Labute approximate surface area is 136 Å². The molecule has 2 aromatic rings. The van der Waals surface area contributed by atoms with Crippen molar-refractivity contribution in [3.63, 3.8) is 0 Å². The molecule has 0 aliphatic carbocycles. The molecule has 2 rings (SSSR count). The van der Waals surface area contributed by atoms with Crippen LogP contribution in [0.4, 0.5) is 13.6 Å².